The summed E-state index contributed by atoms with van der Waals surface area (Å²) in [7, 11) is 0. The smallest absolute Gasteiger partial charge is 0.255 e. The van der Waals surface area contributed by atoms with Gasteiger partial charge in [-0.15, -0.1) is 0 Å². The van der Waals surface area contributed by atoms with E-state index in [0.717, 1.165) is 35.5 Å². The second kappa shape index (κ2) is 8.53. The molecular weight excluding hydrogens is 344 g/mol. The monoisotopic (exact) mass is 368 g/mol. The van der Waals surface area contributed by atoms with Crippen molar-refractivity contribution < 1.29 is 14.1 Å². The second-order valence-corrected chi connectivity index (χ2v) is 6.48. The number of carbonyl (C=O) groups excluding carboxylic acids is 1. The van der Waals surface area contributed by atoms with Crippen LogP contribution >= 0.6 is 0 Å². The average Bonchev–Trinajstić information content (AvgIpc) is 3.22. The SMILES string of the molecule is Cc1cnn(CCCNC(=O)c2ccccc2OCc2c(C)noc2C)c1. The van der Waals surface area contributed by atoms with Crippen LogP contribution in [-0.4, -0.2) is 27.4 Å². The van der Waals surface area contributed by atoms with Crippen molar-refractivity contribution in [3.8, 4) is 5.75 Å². The number of ether oxygens (including phenoxy) is 1. The molecule has 7 nitrogen and oxygen atoms in total. The lowest BCUT2D eigenvalue weighted by atomic mass is 10.1. The van der Waals surface area contributed by atoms with Crippen LogP contribution < -0.4 is 10.1 Å². The first-order valence-corrected chi connectivity index (χ1v) is 8.95. The van der Waals surface area contributed by atoms with E-state index in [4.69, 9.17) is 9.26 Å². The van der Waals surface area contributed by atoms with Crippen LogP contribution in [0.1, 0.15) is 39.4 Å². The van der Waals surface area contributed by atoms with Gasteiger partial charge in [0.25, 0.3) is 5.91 Å². The van der Waals surface area contributed by atoms with Crippen LogP contribution in [0.25, 0.3) is 0 Å². The molecule has 7 heteroatoms. The average molecular weight is 368 g/mol. The van der Waals surface area contributed by atoms with E-state index in [1.165, 1.54) is 0 Å². The van der Waals surface area contributed by atoms with Gasteiger partial charge in [-0.2, -0.15) is 5.10 Å². The molecule has 0 fully saturated rings. The Morgan fingerprint density at radius 1 is 1.26 bits per heavy atom. The second-order valence-electron chi connectivity index (χ2n) is 6.48. The zero-order valence-corrected chi connectivity index (χ0v) is 15.9. The number of aryl methyl sites for hydroxylation is 4. The number of carbonyl (C=O) groups is 1. The molecule has 27 heavy (non-hydrogen) atoms. The van der Waals surface area contributed by atoms with Crippen molar-refractivity contribution in [3.63, 3.8) is 0 Å². The summed E-state index contributed by atoms with van der Waals surface area (Å²) in [5.41, 5.74) is 3.34. The number of aromatic nitrogens is 3. The molecule has 0 aliphatic heterocycles. The zero-order valence-electron chi connectivity index (χ0n) is 15.9. The van der Waals surface area contributed by atoms with E-state index >= 15 is 0 Å². The Balaban J connectivity index is 1.55. The van der Waals surface area contributed by atoms with Crippen LogP contribution in [0.4, 0.5) is 0 Å². The topological polar surface area (TPSA) is 82.2 Å². The van der Waals surface area contributed by atoms with E-state index in [9.17, 15) is 4.79 Å². The third-order valence-corrected chi connectivity index (χ3v) is 4.30. The van der Waals surface area contributed by atoms with Gasteiger partial charge >= 0.3 is 0 Å². The Kier molecular flexibility index (Phi) is 5.90. The number of hydrogen-bond acceptors (Lipinski definition) is 5. The number of nitrogens with zero attached hydrogens (tertiary/aromatic N) is 3. The van der Waals surface area contributed by atoms with Crippen LogP contribution in [0.5, 0.6) is 5.75 Å². The Hall–Kier alpha value is -3.09. The van der Waals surface area contributed by atoms with Crippen LogP contribution in [0.2, 0.25) is 0 Å². The van der Waals surface area contributed by atoms with Crippen molar-refractivity contribution in [1.82, 2.24) is 20.3 Å². The minimum atomic E-state index is -0.152. The first-order valence-electron chi connectivity index (χ1n) is 8.95. The minimum absolute atomic E-state index is 0.152. The van der Waals surface area contributed by atoms with E-state index < -0.39 is 0 Å². The number of benzene rings is 1. The van der Waals surface area contributed by atoms with Gasteiger partial charge in [-0.3, -0.25) is 9.48 Å². The molecule has 0 saturated carbocycles. The Morgan fingerprint density at radius 3 is 2.78 bits per heavy atom. The molecule has 0 bridgehead atoms. The molecule has 0 radical (unpaired) electrons. The first-order chi connectivity index (χ1) is 13.0. The molecule has 1 amide bonds. The number of rotatable bonds is 8. The van der Waals surface area contributed by atoms with Gasteiger partial charge in [0.15, 0.2) is 0 Å². The molecule has 0 unspecified atom stereocenters. The molecular formula is C20H24N4O3. The summed E-state index contributed by atoms with van der Waals surface area (Å²) in [5, 5.41) is 11.1. The predicted octanol–water partition coefficient (Wildman–Crippen LogP) is 3.20. The summed E-state index contributed by atoms with van der Waals surface area (Å²) in [6, 6.07) is 7.22. The summed E-state index contributed by atoms with van der Waals surface area (Å²) in [6.07, 6.45) is 4.61. The van der Waals surface area contributed by atoms with Crippen molar-refractivity contribution in [3.05, 3.63) is 64.8 Å². The van der Waals surface area contributed by atoms with Gasteiger partial charge in [-0.05, 0) is 44.9 Å². The summed E-state index contributed by atoms with van der Waals surface area (Å²) >= 11 is 0. The molecule has 1 N–H and O–H groups in total. The standard InChI is InChI=1S/C20H24N4O3/c1-14-11-22-24(12-14)10-6-9-21-20(25)17-7-4-5-8-19(17)26-13-18-15(2)23-27-16(18)3/h4-5,7-8,11-12H,6,9-10,13H2,1-3H3,(H,21,25). The quantitative estimate of drug-likeness (QED) is 0.618. The number of nitrogens with one attached hydrogen (secondary N) is 1. The summed E-state index contributed by atoms with van der Waals surface area (Å²) in [4.78, 5) is 12.5. The predicted molar refractivity (Wildman–Crippen MR) is 101 cm³/mol. The fourth-order valence-electron chi connectivity index (χ4n) is 2.77. The molecule has 0 spiro atoms. The van der Waals surface area contributed by atoms with Gasteiger partial charge < -0.3 is 14.6 Å². The van der Waals surface area contributed by atoms with E-state index in [-0.39, 0.29) is 5.91 Å². The van der Waals surface area contributed by atoms with Gasteiger partial charge in [0.1, 0.15) is 18.1 Å². The van der Waals surface area contributed by atoms with Gasteiger partial charge in [0, 0.05) is 19.3 Å². The van der Waals surface area contributed by atoms with Crippen molar-refractivity contribution in [2.75, 3.05) is 6.54 Å². The van der Waals surface area contributed by atoms with E-state index in [2.05, 4.69) is 15.6 Å². The largest absolute Gasteiger partial charge is 0.488 e. The minimum Gasteiger partial charge on any atom is -0.488 e. The van der Waals surface area contributed by atoms with Crippen molar-refractivity contribution in [1.29, 1.82) is 0 Å². The van der Waals surface area contributed by atoms with Crippen LogP contribution in [0, 0.1) is 20.8 Å². The number of para-hydroxylation sites is 1. The number of hydrogen-bond donors (Lipinski definition) is 1. The molecule has 0 aliphatic carbocycles. The molecule has 142 valence electrons. The van der Waals surface area contributed by atoms with Gasteiger partial charge in [0.2, 0.25) is 0 Å². The maximum atomic E-state index is 12.5. The molecule has 3 rings (SSSR count). The summed E-state index contributed by atoms with van der Waals surface area (Å²) in [5.74, 6) is 1.11. The fourth-order valence-corrected chi connectivity index (χ4v) is 2.77. The molecule has 0 saturated heterocycles. The van der Waals surface area contributed by atoms with Crippen LogP contribution in [-0.2, 0) is 13.2 Å². The van der Waals surface area contributed by atoms with Crippen molar-refractivity contribution >= 4 is 5.91 Å². The Morgan fingerprint density at radius 2 is 2.07 bits per heavy atom. The summed E-state index contributed by atoms with van der Waals surface area (Å²) < 4.78 is 12.9. The third kappa shape index (κ3) is 4.75. The summed E-state index contributed by atoms with van der Waals surface area (Å²) in [6.45, 7) is 7.36. The number of amides is 1. The molecule has 1 aromatic carbocycles. The first kappa shape index (κ1) is 18.7. The normalized spacial score (nSPS) is 10.8. The molecule has 2 aromatic heterocycles. The lowest BCUT2D eigenvalue weighted by Crippen LogP contribution is -2.25. The highest BCUT2D eigenvalue weighted by molar-refractivity contribution is 5.96. The van der Waals surface area contributed by atoms with Crippen LogP contribution in [0.3, 0.4) is 0 Å². The van der Waals surface area contributed by atoms with Crippen LogP contribution in [0.15, 0.2) is 41.2 Å². The highest BCUT2D eigenvalue weighted by Gasteiger charge is 2.14. The van der Waals surface area contributed by atoms with E-state index in [1.54, 1.807) is 12.1 Å². The maximum absolute atomic E-state index is 12.5. The maximum Gasteiger partial charge on any atom is 0.255 e. The highest BCUT2D eigenvalue weighted by atomic mass is 16.5. The van der Waals surface area contributed by atoms with E-state index in [0.29, 0.717) is 24.5 Å². The molecule has 2 heterocycles. The van der Waals surface area contributed by atoms with E-state index in [1.807, 2.05) is 50.0 Å². The molecule has 3 aromatic rings. The van der Waals surface area contributed by atoms with Crippen molar-refractivity contribution in [2.24, 2.45) is 0 Å². The van der Waals surface area contributed by atoms with Gasteiger partial charge in [0.05, 0.1) is 23.0 Å². The lowest BCUT2D eigenvalue weighted by molar-refractivity contribution is 0.0948. The fraction of sp³-hybridized carbons (Fsp3) is 0.350. The zero-order chi connectivity index (χ0) is 19.2. The van der Waals surface area contributed by atoms with Gasteiger partial charge in [-0.1, -0.05) is 17.3 Å². The third-order valence-electron chi connectivity index (χ3n) is 4.30. The lowest BCUT2D eigenvalue weighted by Gasteiger charge is -2.11. The Bertz CT molecular complexity index is 894. The highest BCUT2D eigenvalue weighted by Crippen LogP contribution is 2.21. The van der Waals surface area contributed by atoms with Crippen molar-refractivity contribution in [2.45, 2.75) is 40.3 Å². The molecule has 0 aliphatic rings. The molecule has 0 atom stereocenters. The Labute approximate surface area is 158 Å². The van der Waals surface area contributed by atoms with Gasteiger partial charge in [-0.25, -0.2) is 0 Å².